The van der Waals surface area contributed by atoms with Crippen molar-refractivity contribution in [2.45, 2.75) is 39.7 Å². The molecule has 1 rings (SSSR count). The predicted molar refractivity (Wildman–Crippen MR) is 95.1 cm³/mol. The van der Waals surface area contributed by atoms with E-state index in [0.29, 0.717) is 22.2 Å². The Hall–Kier alpha value is -1.95. The van der Waals surface area contributed by atoms with Gasteiger partial charge in [0, 0.05) is 38.1 Å². The van der Waals surface area contributed by atoms with Crippen LogP contribution in [0.1, 0.15) is 33.6 Å². The molecule has 0 bridgehead atoms. The van der Waals surface area contributed by atoms with Crippen molar-refractivity contribution in [3.05, 3.63) is 17.2 Å². The normalized spacial score (nSPS) is 11.6. The van der Waals surface area contributed by atoms with E-state index in [0.717, 1.165) is 6.42 Å². The molecule has 1 unspecified atom stereocenters. The Labute approximate surface area is 148 Å². The van der Waals surface area contributed by atoms with Crippen LogP contribution in [0.5, 0.6) is 11.5 Å². The zero-order chi connectivity index (χ0) is 18.3. The number of ether oxygens (including phenoxy) is 2. The first-order valence-corrected chi connectivity index (χ1v) is 8.20. The minimum absolute atomic E-state index is 0.101. The molecule has 0 radical (unpaired) electrons. The van der Waals surface area contributed by atoms with E-state index < -0.39 is 0 Å². The fraction of sp³-hybridized carbons (Fsp3) is 0.529. The molecule has 1 aromatic carbocycles. The van der Waals surface area contributed by atoms with Crippen molar-refractivity contribution in [3.63, 3.8) is 0 Å². The van der Waals surface area contributed by atoms with Crippen molar-refractivity contribution in [2.24, 2.45) is 0 Å². The third kappa shape index (κ3) is 5.30. The number of amides is 2. The van der Waals surface area contributed by atoms with Gasteiger partial charge in [0.1, 0.15) is 11.5 Å². The number of nitrogens with zero attached hydrogens (tertiary/aromatic N) is 1. The molecular weight excluding hydrogens is 332 g/mol. The maximum atomic E-state index is 12.1. The van der Waals surface area contributed by atoms with Crippen LogP contribution in [0, 0.1) is 0 Å². The summed E-state index contributed by atoms with van der Waals surface area (Å²) >= 11 is 6.09. The molecule has 0 fully saturated rings. The molecular formula is C17H25ClN2O4. The molecule has 1 aromatic rings. The smallest absolute Gasteiger partial charge is 0.223 e. The summed E-state index contributed by atoms with van der Waals surface area (Å²) in [5, 5.41) is 3.27. The van der Waals surface area contributed by atoms with E-state index in [2.05, 4.69) is 5.32 Å². The lowest BCUT2D eigenvalue weighted by Gasteiger charge is -2.24. The van der Waals surface area contributed by atoms with Gasteiger partial charge < -0.3 is 19.7 Å². The highest BCUT2D eigenvalue weighted by atomic mass is 35.5. The molecule has 7 heteroatoms. The minimum atomic E-state index is -0.200. The van der Waals surface area contributed by atoms with Crippen LogP contribution in [0.2, 0.25) is 5.02 Å². The number of rotatable bonds is 8. The summed E-state index contributed by atoms with van der Waals surface area (Å²) in [6, 6.07) is 3.33. The van der Waals surface area contributed by atoms with Gasteiger partial charge in [-0.25, -0.2) is 0 Å². The van der Waals surface area contributed by atoms with Gasteiger partial charge in [-0.15, -0.1) is 0 Å². The Balaban J connectivity index is 3.00. The largest absolute Gasteiger partial charge is 0.495 e. The lowest BCUT2D eigenvalue weighted by Crippen LogP contribution is -2.37. The van der Waals surface area contributed by atoms with Crippen molar-refractivity contribution >= 4 is 29.1 Å². The van der Waals surface area contributed by atoms with Gasteiger partial charge in [-0.3, -0.25) is 9.59 Å². The predicted octanol–water partition coefficient (Wildman–Crippen LogP) is 3.01. The number of hydrogen-bond acceptors (Lipinski definition) is 4. The molecule has 0 saturated heterocycles. The highest BCUT2D eigenvalue weighted by molar-refractivity contribution is 6.32. The Morgan fingerprint density at radius 3 is 2.38 bits per heavy atom. The Kier molecular flexibility index (Phi) is 7.85. The van der Waals surface area contributed by atoms with Crippen molar-refractivity contribution in [1.29, 1.82) is 0 Å². The van der Waals surface area contributed by atoms with Crippen molar-refractivity contribution in [1.82, 2.24) is 5.32 Å². The summed E-state index contributed by atoms with van der Waals surface area (Å²) in [5.41, 5.74) is 0.516. The van der Waals surface area contributed by atoms with Gasteiger partial charge in [-0.1, -0.05) is 18.5 Å². The molecule has 2 amide bonds. The van der Waals surface area contributed by atoms with Crippen molar-refractivity contribution < 1.29 is 19.1 Å². The van der Waals surface area contributed by atoms with E-state index in [-0.39, 0.29) is 30.8 Å². The Morgan fingerprint density at radius 2 is 1.88 bits per heavy atom. The van der Waals surface area contributed by atoms with Crippen LogP contribution >= 0.6 is 11.6 Å². The minimum Gasteiger partial charge on any atom is -0.495 e. The van der Waals surface area contributed by atoms with Gasteiger partial charge in [-0.05, 0) is 13.3 Å². The number of halogens is 1. The number of methoxy groups -OCH3 is 2. The van der Waals surface area contributed by atoms with Crippen LogP contribution in [0.25, 0.3) is 0 Å². The van der Waals surface area contributed by atoms with E-state index in [1.54, 1.807) is 12.1 Å². The van der Waals surface area contributed by atoms with Crippen LogP contribution in [0.3, 0.4) is 0 Å². The summed E-state index contributed by atoms with van der Waals surface area (Å²) in [6.07, 6.45) is 1.04. The van der Waals surface area contributed by atoms with Crippen molar-refractivity contribution in [2.75, 3.05) is 25.7 Å². The van der Waals surface area contributed by atoms with Crippen molar-refractivity contribution in [3.8, 4) is 11.5 Å². The lowest BCUT2D eigenvalue weighted by molar-refractivity contribution is -0.121. The number of carbonyl (C=O) groups is 2. The van der Waals surface area contributed by atoms with Crippen LogP contribution in [-0.2, 0) is 9.59 Å². The molecule has 0 aromatic heterocycles. The van der Waals surface area contributed by atoms with Gasteiger partial charge in [0.25, 0.3) is 0 Å². The maximum Gasteiger partial charge on any atom is 0.223 e. The molecule has 0 saturated carbocycles. The second-order valence-electron chi connectivity index (χ2n) is 5.46. The SMILES string of the molecule is CCC(C)NC(=O)CCN(C(C)=O)c1cc(OC)c(Cl)cc1OC. The molecule has 1 atom stereocenters. The molecule has 24 heavy (non-hydrogen) atoms. The van der Waals surface area contributed by atoms with Crippen LogP contribution in [-0.4, -0.2) is 38.6 Å². The summed E-state index contributed by atoms with van der Waals surface area (Å²) in [5.74, 6) is 0.575. The molecule has 134 valence electrons. The Morgan fingerprint density at radius 1 is 1.25 bits per heavy atom. The number of carbonyl (C=O) groups excluding carboxylic acids is 2. The highest BCUT2D eigenvalue weighted by Gasteiger charge is 2.20. The molecule has 6 nitrogen and oxygen atoms in total. The van der Waals surface area contributed by atoms with Crippen LogP contribution < -0.4 is 19.7 Å². The third-order valence-corrected chi connectivity index (χ3v) is 4.00. The van der Waals surface area contributed by atoms with Gasteiger partial charge in [0.15, 0.2) is 0 Å². The molecule has 0 aliphatic heterocycles. The van der Waals surface area contributed by atoms with E-state index in [1.165, 1.54) is 26.0 Å². The second kappa shape index (κ2) is 9.37. The third-order valence-electron chi connectivity index (χ3n) is 3.71. The first kappa shape index (κ1) is 20.1. The molecule has 0 heterocycles. The molecule has 0 spiro atoms. The second-order valence-corrected chi connectivity index (χ2v) is 5.86. The van der Waals surface area contributed by atoms with Gasteiger partial charge in [0.05, 0.1) is 24.9 Å². The van der Waals surface area contributed by atoms with E-state index >= 15 is 0 Å². The molecule has 0 aliphatic rings. The van der Waals surface area contributed by atoms with E-state index in [1.807, 2.05) is 13.8 Å². The van der Waals surface area contributed by atoms with Crippen LogP contribution in [0.15, 0.2) is 12.1 Å². The fourth-order valence-electron chi connectivity index (χ4n) is 2.17. The summed E-state index contributed by atoms with van der Waals surface area (Å²) < 4.78 is 10.5. The molecule has 0 aliphatic carbocycles. The summed E-state index contributed by atoms with van der Waals surface area (Å²) in [4.78, 5) is 25.5. The zero-order valence-electron chi connectivity index (χ0n) is 14.8. The average molecular weight is 357 g/mol. The number of hydrogen-bond donors (Lipinski definition) is 1. The number of anilines is 1. The van der Waals surface area contributed by atoms with Gasteiger partial charge in [0.2, 0.25) is 11.8 Å². The zero-order valence-corrected chi connectivity index (χ0v) is 15.6. The first-order valence-electron chi connectivity index (χ1n) is 7.83. The Bertz CT molecular complexity index is 592. The summed E-state index contributed by atoms with van der Waals surface area (Å²) in [7, 11) is 2.99. The summed E-state index contributed by atoms with van der Waals surface area (Å²) in [6.45, 7) is 5.61. The fourth-order valence-corrected chi connectivity index (χ4v) is 2.40. The van der Waals surface area contributed by atoms with Crippen LogP contribution in [0.4, 0.5) is 5.69 Å². The highest BCUT2D eigenvalue weighted by Crippen LogP contribution is 2.38. The number of nitrogens with one attached hydrogen (secondary N) is 1. The maximum absolute atomic E-state index is 12.1. The molecule has 1 N–H and O–H groups in total. The standard InChI is InChI=1S/C17H25ClN2O4/c1-6-11(2)19-17(22)7-8-20(12(3)21)14-10-15(23-4)13(18)9-16(14)24-5/h9-11H,6-8H2,1-5H3,(H,19,22). The monoisotopic (exact) mass is 356 g/mol. The van der Waals surface area contributed by atoms with Gasteiger partial charge in [-0.2, -0.15) is 0 Å². The lowest BCUT2D eigenvalue weighted by atomic mass is 10.2. The van der Waals surface area contributed by atoms with E-state index in [9.17, 15) is 9.59 Å². The average Bonchev–Trinajstić information content (AvgIpc) is 2.55. The van der Waals surface area contributed by atoms with E-state index in [4.69, 9.17) is 21.1 Å². The van der Waals surface area contributed by atoms with Gasteiger partial charge >= 0.3 is 0 Å². The topological polar surface area (TPSA) is 67.9 Å². The first-order chi connectivity index (χ1) is 11.3. The number of benzene rings is 1. The quantitative estimate of drug-likeness (QED) is 0.777.